The fourth-order valence-corrected chi connectivity index (χ4v) is 2.59. The normalized spacial score (nSPS) is 12.3. The standard InChI is InChI=1S/C17H26N4O2/c1-5-6-9-20(12-16-8-7-10-23-16)17(22)13(2)11-21-15(4)18-14(3)19-21/h7-8,10,13H,5-6,9,11-12H2,1-4H3/t13-/m1/s1. The number of nitrogens with zero attached hydrogens (tertiary/aromatic N) is 4. The van der Waals surface area contributed by atoms with Gasteiger partial charge in [0.2, 0.25) is 5.91 Å². The molecule has 0 aliphatic rings. The van der Waals surface area contributed by atoms with Crippen molar-refractivity contribution in [2.24, 2.45) is 5.92 Å². The molecule has 6 nitrogen and oxygen atoms in total. The van der Waals surface area contributed by atoms with Gasteiger partial charge in [0.25, 0.3) is 0 Å². The van der Waals surface area contributed by atoms with Gasteiger partial charge in [0.15, 0.2) is 0 Å². The molecule has 0 unspecified atom stereocenters. The number of aromatic nitrogens is 3. The van der Waals surface area contributed by atoms with E-state index in [2.05, 4.69) is 17.0 Å². The summed E-state index contributed by atoms with van der Waals surface area (Å²) in [5.74, 6) is 2.37. The van der Waals surface area contributed by atoms with Gasteiger partial charge >= 0.3 is 0 Å². The van der Waals surface area contributed by atoms with Gasteiger partial charge in [-0.05, 0) is 32.4 Å². The molecule has 0 aromatic carbocycles. The van der Waals surface area contributed by atoms with Crippen molar-refractivity contribution in [1.82, 2.24) is 19.7 Å². The van der Waals surface area contributed by atoms with Gasteiger partial charge in [-0.15, -0.1) is 0 Å². The van der Waals surface area contributed by atoms with E-state index >= 15 is 0 Å². The molecule has 0 N–H and O–H groups in total. The average Bonchev–Trinajstić information content (AvgIpc) is 3.12. The zero-order valence-electron chi connectivity index (χ0n) is 14.5. The third kappa shape index (κ3) is 4.68. The van der Waals surface area contributed by atoms with Gasteiger partial charge in [0, 0.05) is 6.54 Å². The van der Waals surface area contributed by atoms with Crippen molar-refractivity contribution in [3.8, 4) is 0 Å². The van der Waals surface area contributed by atoms with Crippen LogP contribution in [0.1, 0.15) is 44.1 Å². The first-order chi connectivity index (χ1) is 11.0. The smallest absolute Gasteiger partial charge is 0.227 e. The maximum absolute atomic E-state index is 12.8. The summed E-state index contributed by atoms with van der Waals surface area (Å²) in [6.07, 6.45) is 3.68. The van der Waals surface area contributed by atoms with Crippen molar-refractivity contribution in [2.75, 3.05) is 6.54 Å². The second-order valence-electron chi connectivity index (χ2n) is 5.98. The van der Waals surface area contributed by atoms with Crippen LogP contribution in [-0.4, -0.2) is 32.1 Å². The van der Waals surface area contributed by atoms with E-state index < -0.39 is 0 Å². The van der Waals surface area contributed by atoms with Crippen LogP contribution >= 0.6 is 0 Å². The van der Waals surface area contributed by atoms with E-state index in [0.717, 1.165) is 36.8 Å². The first-order valence-electron chi connectivity index (χ1n) is 8.20. The van der Waals surface area contributed by atoms with Gasteiger partial charge in [-0.25, -0.2) is 9.67 Å². The van der Waals surface area contributed by atoms with Crippen molar-refractivity contribution in [3.05, 3.63) is 35.8 Å². The lowest BCUT2D eigenvalue weighted by Crippen LogP contribution is -2.37. The van der Waals surface area contributed by atoms with Crippen LogP contribution in [0.5, 0.6) is 0 Å². The summed E-state index contributed by atoms with van der Waals surface area (Å²) < 4.78 is 7.20. The number of hydrogen-bond donors (Lipinski definition) is 0. The minimum absolute atomic E-state index is 0.127. The van der Waals surface area contributed by atoms with Crippen molar-refractivity contribution in [1.29, 1.82) is 0 Å². The van der Waals surface area contributed by atoms with Crippen LogP contribution in [0.2, 0.25) is 0 Å². The van der Waals surface area contributed by atoms with Crippen LogP contribution in [0, 0.1) is 19.8 Å². The lowest BCUT2D eigenvalue weighted by Gasteiger charge is -2.25. The molecule has 0 spiro atoms. The van der Waals surface area contributed by atoms with E-state index in [1.807, 2.05) is 42.5 Å². The van der Waals surface area contributed by atoms with Crippen molar-refractivity contribution < 1.29 is 9.21 Å². The van der Waals surface area contributed by atoms with Crippen molar-refractivity contribution in [3.63, 3.8) is 0 Å². The molecule has 2 heterocycles. The van der Waals surface area contributed by atoms with E-state index in [0.29, 0.717) is 13.1 Å². The summed E-state index contributed by atoms with van der Waals surface area (Å²) in [5, 5.41) is 4.35. The Balaban J connectivity index is 2.04. The van der Waals surface area contributed by atoms with Gasteiger partial charge < -0.3 is 9.32 Å². The predicted molar refractivity (Wildman–Crippen MR) is 87.7 cm³/mol. The largest absolute Gasteiger partial charge is 0.467 e. The van der Waals surface area contributed by atoms with Crippen LogP contribution in [0.25, 0.3) is 0 Å². The molecule has 2 aromatic heterocycles. The van der Waals surface area contributed by atoms with Crippen LogP contribution in [0.15, 0.2) is 22.8 Å². The summed E-state index contributed by atoms with van der Waals surface area (Å²) in [4.78, 5) is 19.0. The summed E-state index contributed by atoms with van der Waals surface area (Å²) in [6.45, 7) is 9.66. The minimum Gasteiger partial charge on any atom is -0.467 e. The van der Waals surface area contributed by atoms with Crippen LogP contribution in [0.4, 0.5) is 0 Å². The summed E-state index contributed by atoms with van der Waals surface area (Å²) in [5.41, 5.74) is 0. The van der Waals surface area contributed by atoms with E-state index in [1.54, 1.807) is 6.26 Å². The molecule has 2 rings (SSSR count). The predicted octanol–water partition coefficient (Wildman–Crippen LogP) is 2.95. The molecule has 0 aliphatic carbocycles. The summed E-state index contributed by atoms with van der Waals surface area (Å²) in [6, 6.07) is 3.75. The molecule has 0 bridgehead atoms. The van der Waals surface area contributed by atoms with E-state index in [-0.39, 0.29) is 11.8 Å². The van der Waals surface area contributed by atoms with Gasteiger partial charge in [0.05, 0.1) is 25.3 Å². The molecule has 1 atom stereocenters. The maximum Gasteiger partial charge on any atom is 0.227 e. The van der Waals surface area contributed by atoms with Crippen LogP contribution in [-0.2, 0) is 17.9 Å². The average molecular weight is 318 g/mol. The monoisotopic (exact) mass is 318 g/mol. The molecule has 0 radical (unpaired) electrons. The molecular weight excluding hydrogens is 292 g/mol. The fourth-order valence-electron chi connectivity index (χ4n) is 2.59. The SMILES string of the molecule is CCCCN(Cc1ccco1)C(=O)[C@H](C)Cn1nc(C)nc1C. The number of hydrogen-bond acceptors (Lipinski definition) is 4. The molecule has 2 aromatic rings. The topological polar surface area (TPSA) is 64.2 Å². The minimum atomic E-state index is -0.151. The maximum atomic E-state index is 12.8. The van der Waals surface area contributed by atoms with Gasteiger partial charge in [-0.3, -0.25) is 4.79 Å². The van der Waals surface area contributed by atoms with Crippen LogP contribution < -0.4 is 0 Å². The van der Waals surface area contributed by atoms with Gasteiger partial charge in [-0.1, -0.05) is 20.3 Å². The highest BCUT2D eigenvalue weighted by Crippen LogP contribution is 2.13. The Morgan fingerprint density at radius 3 is 2.78 bits per heavy atom. The second kappa shape index (κ2) is 7.94. The Morgan fingerprint density at radius 2 is 2.22 bits per heavy atom. The number of aryl methyl sites for hydroxylation is 2. The number of rotatable bonds is 8. The highest BCUT2D eigenvalue weighted by atomic mass is 16.3. The number of unbranched alkanes of at least 4 members (excludes halogenated alkanes) is 1. The Labute approximate surface area is 137 Å². The quantitative estimate of drug-likeness (QED) is 0.750. The first-order valence-corrected chi connectivity index (χ1v) is 8.20. The lowest BCUT2D eigenvalue weighted by atomic mass is 10.1. The van der Waals surface area contributed by atoms with E-state index in [1.165, 1.54) is 0 Å². The van der Waals surface area contributed by atoms with Crippen molar-refractivity contribution in [2.45, 2.75) is 53.6 Å². The molecule has 0 saturated carbocycles. The Kier molecular flexibility index (Phi) is 5.96. The Bertz CT molecular complexity index is 619. The molecular formula is C17H26N4O2. The molecule has 6 heteroatoms. The summed E-state index contributed by atoms with van der Waals surface area (Å²) >= 11 is 0. The van der Waals surface area contributed by atoms with E-state index in [9.17, 15) is 4.79 Å². The highest BCUT2D eigenvalue weighted by molar-refractivity contribution is 5.78. The third-order valence-corrected chi connectivity index (χ3v) is 3.85. The first kappa shape index (κ1) is 17.2. The molecule has 0 aliphatic heterocycles. The van der Waals surface area contributed by atoms with Crippen LogP contribution in [0.3, 0.4) is 0 Å². The zero-order valence-corrected chi connectivity index (χ0v) is 14.5. The molecule has 126 valence electrons. The lowest BCUT2D eigenvalue weighted by molar-refractivity contribution is -0.136. The van der Waals surface area contributed by atoms with Crippen molar-refractivity contribution >= 4 is 5.91 Å². The third-order valence-electron chi connectivity index (χ3n) is 3.85. The van der Waals surface area contributed by atoms with Gasteiger partial charge in [-0.2, -0.15) is 5.10 Å². The Hall–Kier alpha value is -2.11. The summed E-state index contributed by atoms with van der Waals surface area (Å²) in [7, 11) is 0. The highest BCUT2D eigenvalue weighted by Gasteiger charge is 2.22. The molecule has 23 heavy (non-hydrogen) atoms. The zero-order chi connectivity index (χ0) is 16.8. The molecule has 1 amide bonds. The molecule has 0 saturated heterocycles. The number of carbonyl (C=O) groups excluding carboxylic acids is 1. The van der Waals surface area contributed by atoms with E-state index in [4.69, 9.17) is 4.42 Å². The number of amides is 1. The molecule has 0 fully saturated rings. The fraction of sp³-hybridized carbons (Fsp3) is 0.588. The Morgan fingerprint density at radius 1 is 1.43 bits per heavy atom. The van der Waals surface area contributed by atoms with Gasteiger partial charge in [0.1, 0.15) is 17.4 Å². The number of furan rings is 1. The number of carbonyl (C=O) groups is 1. The second-order valence-corrected chi connectivity index (χ2v) is 5.98.